The summed E-state index contributed by atoms with van der Waals surface area (Å²) in [5.74, 6) is -0.0793. The maximum absolute atomic E-state index is 11.0. The van der Waals surface area contributed by atoms with E-state index in [-0.39, 0.29) is 5.97 Å². The van der Waals surface area contributed by atoms with Crippen molar-refractivity contribution < 1.29 is 9.53 Å². The Morgan fingerprint density at radius 1 is 0.667 bits per heavy atom. The van der Waals surface area contributed by atoms with Crippen molar-refractivity contribution in [3.63, 3.8) is 0 Å². The van der Waals surface area contributed by atoms with Gasteiger partial charge in [0.15, 0.2) is 0 Å². The maximum Gasteiger partial charge on any atom is 0.305 e. The first-order valence-electron chi connectivity index (χ1n) is 12.9. The van der Waals surface area contributed by atoms with Crippen LogP contribution in [0.3, 0.4) is 0 Å². The van der Waals surface area contributed by atoms with E-state index in [0.717, 1.165) is 32.4 Å². The monoisotopic (exact) mass is 421 g/mol. The molecule has 0 unspecified atom stereocenters. The summed E-state index contributed by atoms with van der Waals surface area (Å²) in [5.41, 5.74) is 0. The van der Waals surface area contributed by atoms with E-state index in [1.807, 2.05) is 0 Å². The Labute approximate surface area is 188 Å². The van der Waals surface area contributed by atoms with Gasteiger partial charge in [-0.1, -0.05) is 89.0 Å². The van der Waals surface area contributed by atoms with Crippen molar-refractivity contribution in [3.8, 4) is 0 Å². The summed E-state index contributed by atoms with van der Waals surface area (Å²) in [6.07, 6.45) is 31.5. The Hall–Kier alpha value is -1.09. The summed E-state index contributed by atoms with van der Waals surface area (Å²) in [5, 5.41) is 3.56. The summed E-state index contributed by atoms with van der Waals surface area (Å²) in [6.45, 7) is 4.56. The predicted molar refractivity (Wildman–Crippen MR) is 132 cm³/mol. The fourth-order valence-electron chi connectivity index (χ4n) is 3.51. The van der Waals surface area contributed by atoms with Gasteiger partial charge in [-0.25, -0.2) is 0 Å². The highest BCUT2D eigenvalue weighted by molar-refractivity contribution is 5.68. The van der Waals surface area contributed by atoms with Crippen molar-refractivity contribution in [2.45, 2.75) is 122 Å². The minimum absolute atomic E-state index is 0.0793. The normalized spacial score (nSPS) is 11.7. The minimum atomic E-state index is -0.0793. The van der Waals surface area contributed by atoms with Crippen LogP contribution in [0.1, 0.15) is 122 Å². The van der Waals surface area contributed by atoms with Crippen LogP contribution < -0.4 is 5.32 Å². The van der Waals surface area contributed by atoms with Crippen molar-refractivity contribution in [1.29, 1.82) is 0 Å². The molecule has 0 radical (unpaired) electrons. The Morgan fingerprint density at radius 3 is 1.73 bits per heavy atom. The first-order chi connectivity index (χ1) is 14.8. The fraction of sp³-hybridized carbons (Fsp3) is 0.815. The third-order valence-corrected chi connectivity index (χ3v) is 5.52. The second-order valence-electron chi connectivity index (χ2n) is 8.43. The van der Waals surface area contributed by atoms with Crippen LogP contribution in [0.15, 0.2) is 24.3 Å². The predicted octanol–water partition coefficient (Wildman–Crippen LogP) is 7.90. The molecule has 176 valence electrons. The maximum atomic E-state index is 11.0. The van der Waals surface area contributed by atoms with Crippen LogP contribution in [0.5, 0.6) is 0 Å². The molecule has 0 amide bonds. The molecular formula is C27H51NO2. The van der Waals surface area contributed by atoms with Crippen LogP contribution in [0.25, 0.3) is 0 Å². The number of carbonyl (C=O) groups is 1. The Balaban J connectivity index is 3.14. The van der Waals surface area contributed by atoms with E-state index in [9.17, 15) is 4.79 Å². The van der Waals surface area contributed by atoms with E-state index >= 15 is 0 Å². The van der Waals surface area contributed by atoms with E-state index < -0.39 is 0 Å². The second kappa shape index (κ2) is 25.9. The highest BCUT2D eigenvalue weighted by atomic mass is 16.5. The zero-order chi connectivity index (χ0) is 22.0. The molecule has 3 heteroatoms. The Bertz CT molecular complexity index is 404. The number of nitrogens with one attached hydrogen (secondary N) is 1. The topological polar surface area (TPSA) is 38.3 Å². The number of carbonyl (C=O) groups excluding carboxylic acids is 1. The number of unbranched alkanes of at least 4 members (excludes halogenated alkanes) is 13. The molecule has 0 aromatic heterocycles. The summed E-state index contributed by atoms with van der Waals surface area (Å²) in [4.78, 5) is 11.0. The van der Waals surface area contributed by atoms with Crippen molar-refractivity contribution in [1.82, 2.24) is 5.32 Å². The number of rotatable bonds is 23. The zero-order valence-corrected chi connectivity index (χ0v) is 20.3. The van der Waals surface area contributed by atoms with Crippen LogP contribution in [-0.2, 0) is 9.53 Å². The van der Waals surface area contributed by atoms with Crippen molar-refractivity contribution in [2.75, 3.05) is 20.2 Å². The molecule has 1 N–H and O–H groups in total. The summed E-state index contributed by atoms with van der Waals surface area (Å²) >= 11 is 0. The molecule has 3 nitrogen and oxygen atoms in total. The smallest absolute Gasteiger partial charge is 0.305 e. The van der Waals surface area contributed by atoms with Gasteiger partial charge in [-0.05, 0) is 64.5 Å². The average molecular weight is 422 g/mol. The molecule has 0 aromatic carbocycles. The summed E-state index contributed by atoms with van der Waals surface area (Å²) in [6, 6.07) is 0. The lowest BCUT2D eigenvalue weighted by atomic mass is 10.1. The van der Waals surface area contributed by atoms with Gasteiger partial charge in [-0.2, -0.15) is 0 Å². The highest BCUT2D eigenvalue weighted by Crippen LogP contribution is 2.07. The molecule has 0 saturated carbocycles. The van der Waals surface area contributed by atoms with Gasteiger partial charge in [0.25, 0.3) is 0 Å². The van der Waals surface area contributed by atoms with Gasteiger partial charge >= 0.3 is 5.97 Å². The SMILES string of the molecule is CCCCCC/C=C\C/C=C\CCCCCCCNCCCCCCCC(=O)OC. The number of methoxy groups -OCH3 is 1. The van der Waals surface area contributed by atoms with Gasteiger partial charge < -0.3 is 10.1 Å². The first-order valence-corrected chi connectivity index (χ1v) is 12.9. The Morgan fingerprint density at radius 2 is 1.17 bits per heavy atom. The molecule has 0 aliphatic carbocycles. The number of ether oxygens (including phenoxy) is 1. The zero-order valence-electron chi connectivity index (χ0n) is 20.3. The first kappa shape index (κ1) is 28.9. The molecule has 0 aromatic rings. The van der Waals surface area contributed by atoms with Crippen molar-refractivity contribution in [3.05, 3.63) is 24.3 Å². The standard InChI is InChI=1S/C27H51NO2/c1-3-4-5-6-7-8-9-10-11-12-13-14-15-16-19-22-25-28-26-23-20-17-18-21-24-27(29)30-2/h8-9,11-12,28H,3-7,10,13-26H2,1-2H3/b9-8-,12-11-. The molecule has 0 rings (SSSR count). The molecule has 0 bridgehead atoms. The van der Waals surface area contributed by atoms with Crippen LogP contribution in [0.4, 0.5) is 0 Å². The summed E-state index contributed by atoms with van der Waals surface area (Å²) < 4.78 is 4.65. The molecule has 0 aliphatic heterocycles. The molecule has 0 aliphatic rings. The molecular weight excluding hydrogens is 370 g/mol. The lowest BCUT2D eigenvalue weighted by Crippen LogP contribution is -2.16. The van der Waals surface area contributed by atoms with E-state index in [1.54, 1.807) is 0 Å². The van der Waals surface area contributed by atoms with E-state index in [2.05, 4.69) is 41.3 Å². The third-order valence-electron chi connectivity index (χ3n) is 5.52. The lowest BCUT2D eigenvalue weighted by Gasteiger charge is -2.05. The number of hydrogen-bond acceptors (Lipinski definition) is 3. The molecule has 0 atom stereocenters. The number of esters is 1. The van der Waals surface area contributed by atoms with Crippen LogP contribution in [-0.4, -0.2) is 26.2 Å². The Kier molecular flexibility index (Phi) is 25.0. The third kappa shape index (κ3) is 24.9. The van der Waals surface area contributed by atoms with Gasteiger partial charge in [0.1, 0.15) is 0 Å². The molecule has 0 heterocycles. The van der Waals surface area contributed by atoms with E-state index in [1.165, 1.54) is 97.0 Å². The van der Waals surface area contributed by atoms with E-state index in [4.69, 9.17) is 0 Å². The largest absolute Gasteiger partial charge is 0.469 e. The summed E-state index contributed by atoms with van der Waals surface area (Å²) in [7, 11) is 1.46. The molecule has 0 spiro atoms. The van der Waals surface area contributed by atoms with Gasteiger partial charge in [0.05, 0.1) is 7.11 Å². The van der Waals surface area contributed by atoms with Crippen molar-refractivity contribution >= 4 is 5.97 Å². The average Bonchev–Trinajstić information content (AvgIpc) is 2.76. The van der Waals surface area contributed by atoms with Crippen molar-refractivity contribution in [2.24, 2.45) is 0 Å². The van der Waals surface area contributed by atoms with Crippen LogP contribution in [0, 0.1) is 0 Å². The fourth-order valence-corrected chi connectivity index (χ4v) is 3.51. The van der Waals surface area contributed by atoms with Gasteiger partial charge in [-0.15, -0.1) is 0 Å². The van der Waals surface area contributed by atoms with Gasteiger partial charge in [-0.3, -0.25) is 4.79 Å². The quantitative estimate of drug-likeness (QED) is 0.103. The van der Waals surface area contributed by atoms with Gasteiger partial charge in [0, 0.05) is 6.42 Å². The molecule has 0 fully saturated rings. The molecule has 30 heavy (non-hydrogen) atoms. The number of hydrogen-bond donors (Lipinski definition) is 1. The molecule has 0 saturated heterocycles. The second-order valence-corrected chi connectivity index (χ2v) is 8.43. The van der Waals surface area contributed by atoms with Gasteiger partial charge in [0.2, 0.25) is 0 Å². The van der Waals surface area contributed by atoms with Crippen LogP contribution in [0.2, 0.25) is 0 Å². The number of allylic oxidation sites excluding steroid dienone is 4. The lowest BCUT2D eigenvalue weighted by molar-refractivity contribution is -0.140. The highest BCUT2D eigenvalue weighted by Gasteiger charge is 1.99. The van der Waals surface area contributed by atoms with E-state index in [0.29, 0.717) is 6.42 Å². The van der Waals surface area contributed by atoms with Crippen LogP contribution >= 0.6 is 0 Å². The minimum Gasteiger partial charge on any atom is -0.469 e.